The summed E-state index contributed by atoms with van der Waals surface area (Å²) in [5.41, 5.74) is 2.95. The minimum atomic E-state index is 0.339. The van der Waals surface area contributed by atoms with Crippen LogP contribution in [0.4, 0.5) is 0 Å². The summed E-state index contributed by atoms with van der Waals surface area (Å²) in [6.07, 6.45) is 3.66. The van der Waals surface area contributed by atoms with Crippen molar-refractivity contribution in [2.75, 3.05) is 0 Å². The normalized spacial score (nSPS) is 12.9. The van der Waals surface area contributed by atoms with Crippen LogP contribution in [-0.4, -0.2) is 15.2 Å². The predicted molar refractivity (Wildman–Crippen MR) is 56.0 cm³/mol. The number of aromatic nitrogens is 3. The fourth-order valence-corrected chi connectivity index (χ4v) is 1.84. The molecule has 0 aliphatic heterocycles. The lowest BCUT2D eigenvalue weighted by Gasteiger charge is -2.09. The molecular formula is C9H12N4S. The molecule has 0 radical (unpaired) electrons. The smallest absolute Gasteiger partial charge is 0.0794 e. The minimum absolute atomic E-state index is 0.339. The topological polar surface area (TPSA) is 53.6 Å². The van der Waals surface area contributed by atoms with E-state index in [0.29, 0.717) is 6.04 Å². The van der Waals surface area contributed by atoms with Crippen LogP contribution in [0, 0.1) is 0 Å². The third kappa shape index (κ3) is 2.18. The number of rotatable bonds is 4. The summed E-state index contributed by atoms with van der Waals surface area (Å²) in [6.45, 7) is 2.93. The van der Waals surface area contributed by atoms with Gasteiger partial charge in [-0.15, -0.1) is 11.3 Å². The first-order valence-electron chi connectivity index (χ1n) is 4.46. The van der Waals surface area contributed by atoms with Gasteiger partial charge in [0.2, 0.25) is 0 Å². The molecule has 0 aliphatic rings. The van der Waals surface area contributed by atoms with Gasteiger partial charge < -0.3 is 5.32 Å². The van der Waals surface area contributed by atoms with E-state index in [1.807, 2.05) is 17.8 Å². The standard InChI is InChI=1S/C9H12N4S/c1-7(9-5-10-6-14-9)11-4-8-2-3-12-13-8/h2-3,5-7,11H,4H2,1H3,(H,12,13). The molecular weight excluding hydrogens is 196 g/mol. The minimum Gasteiger partial charge on any atom is -0.304 e. The van der Waals surface area contributed by atoms with E-state index < -0.39 is 0 Å². The van der Waals surface area contributed by atoms with Crippen molar-refractivity contribution < 1.29 is 0 Å². The molecule has 2 aromatic rings. The molecule has 0 saturated heterocycles. The SMILES string of the molecule is CC(NCc1ccn[nH]1)c1cncs1. The van der Waals surface area contributed by atoms with E-state index in [-0.39, 0.29) is 0 Å². The highest BCUT2D eigenvalue weighted by Crippen LogP contribution is 2.16. The molecule has 74 valence electrons. The van der Waals surface area contributed by atoms with Gasteiger partial charge in [-0.25, -0.2) is 0 Å². The number of thiazole rings is 1. The molecule has 0 spiro atoms. The molecule has 2 rings (SSSR count). The first-order valence-corrected chi connectivity index (χ1v) is 5.34. The first-order chi connectivity index (χ1) is 6.86. The van der Waals surface area contributed by atoms with Crippen molar-refractivity contribution in [3.8, 4) is 0 Å². The molecule has 0 amide bonds. The van der Waals surface area contributed by atoms with Crippen molar-refractivity contribution in [3.63, 3.8) is 0 Å². The Kier molecular flexibility index (Phi) is 2.90. The molecule has 2 aromatic heterocycles. The van der Waals surface area contributed by atoms with Crippen LogP contribution in [0.3, 0.4) is 0 Å². The molecule has 5 heteroatoms. The van der Waals surface area contributed by atoms with Crippen LogP contribution < -0.4 is 5.32 Å². The lowest BCUT2D eigenvalue weighted by molar-refractivity contribution is 0.574. The third-order valence-corrected chi connectivity index (χ3v) is 2.99. The summed E-state index contributed by atoms with van der Waals surface area (Å²) < 4.78 is 0. The fraction of sp³-hybridized carbons (Fsp3) is 0.333. The number of H-pyrrole nitrogens is 1. The molecule has 0 bridgehead atoms. The molecule has 0 saturated carbocycles. The van der Waals surface area contributed by atoms with Gasteiger partial charge in [0.05, 0.1) is 5.51 Å². The van der Waals surface area contributed by atoms with Gasteiger partial charge in [0.25, 0.3) is 0 Å². The predicted octanol–water partition coefficient (Wildman–Crippen LogP) is 1.72. The third-order valence-electron chi connectivity index (χ3n) is 2.04. The Morgan fingerprint density at radius 3 is 3.21 bits per heavy atom. The second-order valence-electron chi connectivity index (χ2n) is 3.09. The molecule has 2 N–H and O–H groups in total. The number of aromatic amines is 1. The molecule has 1 atom stereocenters. The Bertz CT molecular complexity index is 354. The lowest BCUT2D eigenvalue weighted by Crippen LogP contribution is -2.17. The van der Waals surface area contributed by atoms with Crippen molar-refractivity contribution in [1.82, 2.24) is 20.5 Å². The zero-order valence-electron chi connectivity index (χ0n) is 7.90. The maximum absolute atomic E-state index is 4.05. The molecule has 0 fully saturated rings. The largest absolute Gasteiger partial charge is 0.304 e. The Morgan fingerprint density at radius 1 is 1.64 bits per heavy atom. The van der Waals surface area contributed by atoms with Crippen LogP contribution in [0.2, 0.25) is 0 Å². The highest BCUT2D eigenvalue weighted by atomic mass is 32.1. The molecule has 4 nitrogen and oxygen atoms in total. The van der Waals surface area contributed by atoms with Crippen molar-refractivity contribution in [3.05, 3.63) is 34.5 Å². The van der Waals surface area contributed by atoms with Crippen LogP contribution >= 0.6 is 11.3 Å². The zero-order valence-corrected chi connectivity index (χ0v) is 8.71. The van der Waals surface area contributed by atoms with Crippen molar-refractivity contribution in [1.29, 1.82) is 0 Å². The van der Waals surface area contributed by atoms with Crippen molar-refractivity contribution >= 4 is 11.3 Å². The second-order valence-corrected chi connectivity index (χ2v) is 4.01. The maximum atomic E-state index is 4.05. The number of hydrogen-bond acceptors (Lipinski definition) is 4. The van der Waals surface area contributed by atoms with E-state index in [0.717, 1.165) is 12.2 Å². The molecule has 0 aliphatic carbocycles. The quantitative estimate of drug-likeness (QED) is 0.804. The van der Waals surface area contributed by atoms with E-state index in [9.17, 15) is 0 Å². The van der Waals surface area contributed by atoms with Crippen LogP contribution in [-0.2, 0) is 6.54 Å². The van der Waals surface area contributed by atoms with Gasteiger partial charge in [-0.05, 0) is 13.0 Å². The zero-order chi connectivity index (χ0) is 9.80. The highest BCUT2D eigenvalue weighted by Gasteiger charge is 2.05. The second kappa shape index (κ2) is 4.34. The average molecular weight is 208 g/mol. The average Bonchev–Trinajstić information content (AvgIpc) is 2.87. The summed E-state index contributed by atoms with van der Waals surface area (Å²) in [5, 5.41) is 10.2. The first kappa shape index (κ1) is 9.36. The van der Waals surface area contributed by atoms with Gasteiger partial charge in [-0.1, -0.05) is 0 Å². The summed E-state index contributed by atoms with van der Waals surface area (Å²) in [7, 11) is 0. The Hall–Kier alpha value is -1.20. The van der Waals surface area contributed by atoms with E-state index in [4.69, 9.17) is 0 Å². The molecule has 14 heavy (non-hydrogen) atoms. The van der Waals surface area contributed by atoms with Crippen LogP contribution in [0.15, 0.2) is 24.0 Å². The molecule has 1 unspecified atom stereocenters. The van der Waals surface area contributed by atoms with Crippen LogP contribution in [0.1, 0.15) is 23.5 Å². The summed E-state index contributed by atoms with van der Waals surface area (Å²) >= 11 is 1.67. The fourth-order valence-electron chi connectivity index (χ4n) is 1.19. The van der Waals surface area contributed by atoms with E-state index in [1.165, 1.54) is 4.88 Å². The highest BCUT2D eigenvalue weighted by molar-refractivity contribution is 7.09. The summed E-state index contributed by atoms with van der Waals surface area (Å²) in [5.74, 6) is 0. The summed E-state index contributed by atoms with van der Waals surface area (Å²) in [4.78, 5) is 5.30. The molecule has 0 aromatic carbocycles. The van der Waals surface area contributed by atoms with Crippen molar-refractivity contribution in [2.45, 2.75) is 19.5 Å². The van der Waals surface area contributed by atoms with Gasteiger partial charge >= 0.3 is 0 Å². The van der Waals surface area contributed by atoms with Crippen LogP contribution in [0.25, 0.3) is 0 Å². The van der Waals surface area contributed by atoms with E-state index in [1.54, 1.807) is 17.5 Å². The maximum Gasteiger partial charge on any atom is 0.0794 e. The Labute approximate surface area is 86.4 Å². The lowest BCUT2D eigenvalue weighted by atomic mass is 10.3. The van der Waals surface area contributed by atoms with Gasteiger partial charge in [0.1, 0.15) is 0 Å². The number of nitrogens with zero attached hydrogens (tertiary/aromatic N) is 2. The van der Waals surface area contributed by atoms with Gasteiger partial charge in [0, 0.05) is 35.6 Å². The number of nitrogens with one attached hydrogen (secondary N) is 2. The van der Waals surface area contributed by atoms with Gasteiger partial charge in [-0.3, -0.25) is 10.1 Å². The summed E-state index contributed by atoms with van der Waals surface area (Å²) in [6, 6.07) is 2.30. The molecule has 2 heterocycles. The van der Waals surface area contributed by atoms with Gasteiger partial charge in [0.15, 0.2) is 0 Å². The Morgan fingerprint density at radius 2 is 2.57 bits per heavy atom. The van der Waals surface area contributed by atoms with E-state index in [2.05, 4.69) is 27.4 Å². The van der Waals surface area contributed by atoms with E-state index >= 15 is 0 Å². The Balaban J connectivity index is 1.87. The number of hydrogen-bond donors (Lipinski definition) is 2. The van der Waals surface area contributed by atoms with Crippen LogP contribution in [0.5, 0.6) is 0 Å². The van der Waals surface area contributed by atoms with Crippen molar-refractivity contribution in [2.24, 2.45) is 0 Å². The monoisotopic (exact) mass is 208 g/mol. The van der Waals surface area contributed by atoms with Gasteiger partial charge in [-0.2, -0.15) is 5.10 Å².